The van der Waals surface area contributed by atoms with Gasteiger partial charge in [-0.1, -0.05) is 18.2 Å². The molecule has 0 aliphatic heterocycles. The quantitative estimate of drug-likeness (QED) is 0.481. The van der Waals surface area contributed by atoms with E-state index in [1.165, 1.54) is 6.42 Å². The van der Waals surface area contributed by atoms with E-state index in [4.69, 9.17) is 0 Å². The average Bonchev–Trinajstić information content (AvgIpc) is 3.37. The minimum absolute atomic E-state index is 0.0299. The molecule has 1 aromatic carbocycles. The summed E-state index contributed by atoms with van der Waals surface area (Å²) in [7, 11) is 1.90. The lowest BCUT2D eigenvalue weighted by Gasteiger charge is -2.34. The fourth-order valence-electron chi connectivity index (χ4n) is 6.35. The summed E-state index contributed by atoms with van der Waals surface area (Å²) in [6.45, 7) is 0.450. The fraction of sp³-hybridized carbons (Fsp3) is 0.423. The number of allylic oxidation sites excluding steroid dienone is 3. The van der Waals surface area contributed by atoms with Crippen molar-refractivity contribution in [3.63, 3.8) is 0 Å². The molecule has 0 spiro atoms. The molecule has 4 bridgehead atoms. The molecule has 4 aliphatic carbocycles. The first kappa shape index (κ1) is 20.1. The lowest BCUT2D eigenvalue weighted by molar-refractivity contribution is -0.116. The maximum absolute atomic E-state index is 14.8. The van der Waals surface area contributed by atoms with Crippen LogP contribution in [0.1, 0.15) is 37.8 Å². The number of halogens is 1. The Balaban J connectivity index is 1.17. The standard InChI is InChI=1S/C26H30FN3O/c1-28-21-7-9-22(10-8-21)30-12-4-5-23(30)17-29-24(31)6-2-3-11-25-14-19-13-20(25)16-26(27,15-19)18-25/h2-12,19-20,28H,13-18H2,1H3,(H,29,31)/b6-2+,11-3+. The largest absolute Gasteiger partial charge is 0.388 e. The van der Waals surface area contributed by atoms with E-state index >= 15 is 0 Å². The third-order valence-electron chi connectivity index (χ3n) is 7.51. The fourth-order valence-corrected chi connectivity index (χ4v) is 6.35. The van der Waals surface area contributed by atoms with Crippen LogP contribution in [-0.2, 0) is 11.3 Å². The lowest BCUT2D eigenvalue weighted by Crippen LogP contribution is -2.31. The van der Waals surface area contributed by atoms with Gasteiger partial charge in [-0.3, -0.25) is 4.79 Å². The van der Waals surface area contributed by atoms with Crippen molar-refractivity contribution in [3.05, 3.63) is 72.6 Å². The predicted octanol–water partition coefficient (Wildman–Crippen LogP) is 5.17. The minimum atomic E-state index is -0.931. The van der Waals surface area contributed by atoms with Crippen molar-refractivity contribution in [2.24, 2.45) is 17.3 Å². The maximum atomic E-state index is 14.8. The number of nitrogens with one attached hydrogen (secondary N) is 2. The molecule has 31 heavy (non-hydrogen) atoms. The second kappa shape index (κ2) is 7.70. The van der Waals surface area contributed by atoms with Gasteiger partial charge in [0.2, 0.25) is 5.91 Å². The van der Waals surface area contributed by atoms with Crippen LogP contribution in [0.15, 0.2) is 66.9 Å². The van der Waals surface area contributed by atoms with Gasteiger partial charge in [0.1, 0.15) is 5.67 Å². The number of nitrogens with zero attached hydrogens (tertiary/aromatic N) is 1. The number of rotatable bonds is 7. The van der Waals surface area contributed by atoms with Crippen LogP contribution in [0.5, 0.6) is 0 Å². The van der Waals surface area contributed by atoms with E-state index in [2.05, 4.69) is 21.3 Å². The molecule has 4 saturated carbocycles. The average molecular weight is 420 g/mol. The zero-order valence-corrected chi connectivity index (χ0v) is 18.0. The topological polar surface area (TPSA) is 46.1 Å². The van der Waals surface area contributed by atoms with Crippen LogP contribution in [-0.4, -0.2) is 23.2 Å². The van der Waals surface area contributed by atoms with Crippen LogP contribution in [0.25, 0.3) is 5.69 Å². The number of carbonyl (C=O) groups is 1. The van der Waals surface area contributed by atoms with Crippen LogP contribution >= 0.6 is 0 Å². The highest BCUT2D eigenvalue weighted by atomic mass is 19.1. The van der Waals surface area contributed by atoms with Gasteiger partial charge in [0.05, 0.1) is 6.54 Å². The van der Waals surface area contributed by atoms with Crippen LogP contribution in [0.3, 0.4) is 0 Å². The molecule has 1 amide bonds. The van der Waals surface area contributed by atoms with E-state index in [0.717, 1.165) is 36.3 Å². The van der Waals surface area contributed by atoms with E-state index in [0.29, 0.717) is 24.8 Å². The molecule has 4 aliphatic rings. The Kier molecular flexibility index (Phi) is 4.99. The summed E-state index contributed by atoms with van der Waals surface area (Å²) < 4.78 is 16.9. The Labute approximate surface area is 183 Å². The van der Waals surface area contributed by atoms with Crippen molar-refractivity contribution < 1.29 is 9.18 Å². The second-order valence-electron chi connectivity index (χ2n) is 9.57. The Hall–Kier alpha value is -2.82. The van der Waals surface area contributed by atoms with E-state index in [9.17, 15) is 9.18 Å². The summed E-state index contributed by atoms with van der Waals surface area (Å²) in [4.78, 5) is 12.3. The maximum Gasteiger partial charge on any atom is 0.244 e. The summed E-state index contributed by atoms with van der Waals surface area (Å²) >= 11 is 0. The Morgan fingerprint density at radius 1 is 1.19 bits per heavy atom. The van der Waals surface area contributed by atoms with E-state index in [-0.39, 0.29) is 11.3 Å². The zero-order chi connectivity index (χ0) is 21.5. The van der Waals surface area contributed by atoms with Crippen molar-refractivity contribution in [2.75, 3.05) is 12.4 Å². The van der Waals surface area contributed by atoms with Crippen LogP contribution in [0.2, 0.25) is 0 Å². The lowest BCUT2D eigenvalue weighted by atomic mass is 9.74. The molecule has 4 nitrogen and oxygen atoms in total. The molecule has 2 aromatic rings. The SMILES string of the molecule is CNc1ccc(-n2cccc2CNC(=O)/C=C/C=C/C23CC4CC2CC(F)(C4)C3)cc1. The highest BCUT2D eigenvalue weighted by molar-refractivity contribution is 5.87. The Morgan fingerprint density at radius 2 is 2.03 bits per heavy atom. The van der Waals surface area contributed by atoms with Gasteiger partial charge >= 0.3 is 0 Å². The predicted molar refractivity (Wildman–Crippen MR) is 122 cm³/mol. The molecular formula is C26H30FN3O. The smallest absolute Gasteiger partial charge is 0.244 e. The van der Waals surface area contributed by atoms with Crippen molar-refractivity contribution in [3.8, 4) is 5.69 Å². The highest BCUT2D eigenvalue weighted by Crippen LogP contribution is 2.68. The number of alkyl halides is 1. The van der Waals surface area contributed by atoms with Crippen LogP contribution in [0, 0.1) is 17.3 Å². The third kappa shape index (κ3) is 3.82. The molecule has 1 heterocycles. The zero-order valence-electron chi connectivity index (χ0n) is 18.0. The summed E-state index contributed by atoms with van der Waals surface area (Å²) in [5.74, 6) is 0.921. The molecule has 4 atom stereocenters. The number of carbonyl (C=O) groups excluding carboxylic acids is 1. The molecule has 5 heteroatoms. The van der Waals surface area contributed by atoms with Gasteiger partial charge in [0.25, 0.3) is 0 Å². The van der Waals surface area contributed by atoms with Gasteiger partial charge in [-0.2, -0.15) is 0 Å². The van der Waals surface area contributed by atoms with Gasteiger partial charge in [-0.15, -0.1) is 0 Å². The molecule has 0 radical (unpaired) electrons. The normalized spacial score (nSPS) is 31.2. The minimum Gasteiger partial charge on any atom is -0.388 e. The van der Waals surface area contributed by atoms with Crippen LogP contribution < -0.4 is 10.6 Å². The molecule has 0 saturated heterocycles. The number of amides is 1. The monoisotopic (exact) mass is 419 g/mol. The van der Waals surface area contributed by atoms with Crippen molar-refractivity contribution in [2.45, 2.75) is 44.3 Å². The van der Waals surface area contributed by atoms with Crippen LogP contribution in [0.4, 0.5) is 10.1 Å². The second-order valence-corrected chi connectivity index (χ2v) is 9.57. The molecule has 162 valence electrons. The van der Waals surface area contributed by atoms with Gasteiger partial charge in [-0.05, 0) is 85.8 Å². The third-order valence-corrected chi connectivity index (χ3v) is 7.51. The van der Waals surface area contributed by atoms with E-state index < -0.39 is 5.67 Å². The molecule has 4 fully saturated rings. The van der Waals surface area contributed by atoms with Crippen molar-refractivity contribution >= 4 is 11.6 Å². The van der Waals surface area contributed by atoms with Gasteiger partial charge < -0.3 is 15.2 Å². The number of aromatic nitrogens is 1. The summed E-state index contributed by atoms with van der Waals surface area (Å²) in [5, 5.41) is 6.07. The van der Waals surface area contributed by atoms with Gasteiger partial charge in [0.15, 0.2) is 0 Å². The summed E-state index contributed by atoms with van der Waals surface area (Å²) in [5.41, 5.74) is 2.23. The summed E-state index contributed by atoms with van der Waals surface area (Å²) in [6, 6.07) is 12.1. The first-order valence-corrected chi connectivity index (χ1v) is 11.3. The Bertz CT molecular complexity index is 1020. The highest BCUT2D eigenvalue weighted by Gasteiger charge is 2.63. The molecule has 4 unspecified atom stereocenters. The summed E-state index contributed by atoms with van der Waals surface area (Å²) in [6.07, 6.45) is 14.0. The molecule has 6 rings (SSSR count). The van der Waals surface area contributed by atoms with E-state index in [1.807, 2.05) is 55.7 Å². The van der Waals surface area contributed by atoms with E-state index in [1.54, 1.807) is 12.2 Å². The van der Waals surface area contributed by atoms with Crippen molar-refractivity contribution in [1.29, 1.82) is 0 Å². The van der Waals surface area contributed by atoms with Gasteiger partial charge in [0, 0.05) is 36.4 Å². The number of anilines is 1. The molecular weight excluding hydrogens is 389 g/mol. The number of hydrogen-bond donors (Lipinski definition) is 2. The Morgan fingerprint density at radius 3 is 2.81 bits per heavy atom. The first-order chi connectivity index (χ1) is 15.0. The molecule has 2 N–H and O–H groups in total. The number of benzene rings is 1. The first-order valence-electron chi connectivity index (χ1n) is 11.3. The number of hydrogen-bond acceptors (Lipinski definition) is 2. The van der Waals surface area contributed by atoms with Crippen molar-refractivity contribution in [1.82, 2.24) is 9.88 Å². The molecule has 1 aromatic heterocycles. The van der Waals surface area contributed by atoms with Gasteiger partial charge in [-0.25, -0.2) is 4.39 Å².